The zero-order valence-corrected chi connectivity index (χ0v) is 9.96. The van der Waals surface area contributed by atoms with Gasteiger partial charge in [-0.1, -0.05) is 6.92 Å². The normalized spacial score (nSPS) is 14.0. The van der Waals surface area contributed by atoms with E-state index in [4.69, 9.17) is 5.11 Å². The van der Waals surface area contributed by atoms with Gasteiger partial charge in [-0.25, -0.2) is 0 Å². The Hall–Kier alpha value is -1.85. The van der Waals surface area contributed by atoms with E-state index < -0.39 is 17.9 Å². The van der Waals surface area contributed by atoms with Crippen LogP contribution < -0.4 is 5.32 Å². The zero-order chi connectivity index (χ0) is 12.8. The van der Waals surface area contributed by atoms with E-state index in [9.17, 15) is 9.59 Å². The van der Waals surface area contributed by atoms with Crippen LogP contribution in [0.5, 0.6) is 0 Å². The summed E-state index contributed by atoms with van der Waals surface area (Å²) in [5.41, 5.74) is 0. The lowest BCUT2D eigenvalue weighted by Crippen LogP contribution is -2.36. The van der Waals surface area contributed by atoms with E-state index in [0.29, 0.717) is 6.42 Å². The molecule has 1 aromatic rings. The van der Waals surface area contributed by atoms with Crippen molar-refractivity contribution in [2.75, 3.05) is 6.54 Å². The molecule has 2 N–H and O–H groups in total. The molecule has 0 fully saturated rings. The van der Waals surface area contributed by atoms with E-state index in [2.05, 4.69) is 10.4 Å². The number of amides is 1. The predicted octanol–water partition coefficient (Wildman–Crippen LogP) is 0.671. The Balaban J connectivity index is 2.47. The van der Waals surface area contributed by atoms with E-state index in [-0.39, 0.29) is 12.5 Å². The average Bonchev–Trinajstić information content (AvgIpc) is 2.81. The highest BCUT2D eigenvalue weighted by molar-refractivity contribution is 5.80. The SMILES string of the molecule is CCC(CNC(=O)C(C)n1cccn1)C(=O)O. The first-order valence-corrected chi connectivity index (χ1v) is 5.55. The number of carboxylic acid groups (broad SMARTS) is 1. The highest BCUT2D eigenvalue weighted by Crippen LogP contribution is 2.05. The monoisotopic (exact) mass is 239 g/mol. The molecule has 94 valence electrons. The Labute approximate surface area is 99.6 Å². The van der Waals surface area contributed by atoms with Crippen molar-refractivity contribution in [2.24, 2.45) is 5.92 Å². The van der Waals surface area contributed by atoms with Crippen molar-refractivity contribution in [3.63, 3.8) is 0 Å². The third-order valence-electron chi connectivity index (χ3n) is 2.67. The second kappa shape index (κ2) is 6.03. The number of hydrogen-bond acceptors (Lipinski definition) is 3. The fourth-order valence-corrected chi connectivity index (χ4v) is 1.41. The van der Waals surface area contributed by atoms with Crippen LogP contribution >= 0.6 is 0 Å². The number of nitrogens with one attached hydrogen (secondary N) is 1. The smallest absolute Gasteiger partial charge is 0.308 e. The van der Waals surface area contributed by atoms with Gasteiger partial charge in [0.05, 0.1) is 5.92 Å². The molecule has 2 unspecified atom stereocenters. The second-order valence-electron chi connectivity index (χ2n) is 3.85. The third kappa shape index (κ3) is 3.58. The maximum absolute atomic E-state index is 11.7. The van der Waals surface area contributed by atoms with Gasteiger partial charge in [0.25, 0.3) is 0 Å². The van der Waals surface area contributed by atoms with Crippen LogP contribution in [-0.2, 0) is 9.59 Å². The van der Waals surface area contributed by atoms with Crippen LogP contribution in [0.25, 0.3) is 0 Å². The third-order valence-corrected chi connectivity index (χ3v) is 2.67. The van der Waals surface area contributed by atoms with Gasteiger partial charge in [-0.3, -0.25) is 14.3 Å². The van der Waals surface area contributed by atoms with Gasteiger partial charge < -0.3 is 10.4 Å². The molecule has 1 amide bonds. The number of hydrogen-bond donors (Lipinski definition) is 2. The van der Waals surface area contributed by atoms with Gasteiger partial charge in [-0.15, -0.1) is 0 Å². The molecule has 1 rings (SSSR count). The van der Waals surface area contributed by atoms with Crippen molar-refractivity contribution < 1.29 is 14.7 Å². The summed E-state index contributed by atoms with van der Waals surface area (Å²) < 4.78 is 1.52. The molecule has 6 nitrogen and oxygen atoms in total. The first-order valence-electron chi connectivity index (χ1n) is 5.55. The molecule has 0 saturated heterocycles. The average molecular weight is 239 g/mol. The molecule has 0 aliphatic heterocycles. The maximum Gasteiger partial charge on any atom is 0.308 e. The largest absolute Gasteiger partial charge is 0.481 e. The minimum absolute atomic E-state index is 0.149. The summed E-state index contributed by atoms with van der Waals surface area (Å²) >= 11 is 0. The number of aliphatic carboxylic acids is 1. The highest BCUT2D eigenvalue weighted by Gasteiger charge is 2.19. The van der Waals surface area contributed by atoms with Gasteiger partial charge in [-0.05, 0) is 19.4 Å². The van der Waals surface area contributed by atoms with Gasteiger partial charge in [0.15, 0.2) is 0 Å². The molecule has 0 bridgehead atoms. The van der Waals surface area contributed by atoms with E-state index in [1.54, 1.807) is 32.3 Å². The van der Waals surface area contributed by atoms with Gasteiger partial charge in [0.1, 0.15) is 6.04 Å². The second-order valence-corrected chi connectivity index (χ2v) is 3.85. The van der Waals surface area contributed by atoms with Crippen LogP contribution in [0.2, 0.25) is 0 Å². The molecule has 0 aliphatic carbocycles. The van der Waals surface area contributed by atoms with Crippen LogP contribution in [0.3, 0.4) is 0 Å². The van der Waals surface area contributed by atoms with Crippen LogP contribution in [-0.4, -0.2) is 33.3 Å². The fraction of sp³-hybridized carbons (Fsp3) is 0.545. The Kier molecular flexibility index (Phi) is 4.68. The lowest BCUT2D eigenvalue weighted by molar-refractivity contribution is -0.141. The summed E-state index contributed by atoms with van der Waals surface area (Å²) in [7, 11) is 0. The van der Waals surface area contributed by atoms with Crippen molar-refractivity contribution in [1.29, 1.82) is 0 Å². The van der Waals surface area contributed by atoms with Crippen molar-refractivity contribution in [3.05, 3.63) is 18.5 Å². The predicted molar refractivity (Wildman–Crippen MR) is 61.4 cm³/mol. The molecule has 0 radical (unpaired) electrons. The minimum Gasteiger partial charge on any atom is -0.481 e. The maximum atomic E-state index is 11.7. The van der Waals surface area contributed by atoms with Gasteiger partial charge in [0.2, 0.25) is 5.91 Å². The molecular formula is C11H17N3O3. The molecule has 2 atom stereocenters. The minimum atomic E-state index is -0.889. The Morgan fingerprint density at radius 1 is 1.53 bits per heavy atom. The number of nitrogens with zero attached hydrogens (tertiary/aromatic N) is 2. The molecule has 0 saturated carbocycles. The Morgan fingerprint density at radius 2 is 2.24 bits per heavy atom. The zero-order valence-electron chi connectivity index (χ0n) is 9.96. The van der Waals surface area contributed by atoms with Crippen molar-refractivity contribution in [2.45, 2.75) is 26.3 Å². The topological polar surface area (TPSA) is 84.2 Å². The van der Waals surface area contributed by atoms with Crippen LogP contribution in [0, 0.1) is 5.92 Å². The molecule has 1 aromatic heterocycles. The summed E-state index contributed by atoms with van der Waals surface area (Å²) in [4.78, 5) is 22.5. The van der Waals surface area contributed by atoms with Crippen molar-refractivity contribution in [3.8, 4) is 0 Å². The molecule has 1 heterocycles. The number of carboxylic acids is 1. The van der Waals surface area contributed by atoms with E-state index in [0.717, 1.165) is 0 Å². The summed E-state index contributed by atoms with van der Waals surface area (Å²) in [6.45, 7) is 3.64. The van der Waals surface area contributed by atoms with Gasteiger partial charge in [-0.2, -0.15) is 5.10 Å². The summed E-state index contributed by atoms with van der Waals surface area (Å²) in [6, 6.07) is 1.30. The van der Waals surface area contributed by atoms with Crippen molar-refractivity contribution >= 4 is 11.9 Å². The van der Waals surface area contributed by atoms with Crippen LogP contribution in [0.1, 0.15) is 26.3 Å². The number of carbonyl (C=O) groups is 2. The highest BCUT2D eigenvalue weighted by atomic mass is 16.4. The van der Waals surface area contributed by atoms with E-state index in [1.807, 2.05) is 0 Å². The lowest BCUT2D eigenvalue weighted by Gasteiger charge is -2.15. The number of carbonyl (C=O) groups excluding carboxylic acids is 1. The fourth-order valence-electron chi connectivity index (χ4n) is 1.41. The standard InChI is InChI=1S/C11H17N3O3/c1-3-9(11(16)17)7-12-10(15)8(2)14-6-4-5-13-14/h4-6,8-9H,3,7H2,1-2H3,(H,12,15)(H,16,17). The first-order chi connectivity index (χ1) is 8.06. The summed E-state index contributed by atoms with van der Waals surface area (Å²) in [6.07, 6.45) is 3.78. The Bertz CT molecular complexity index is 375. The van der Waals surface area contributed by atoms with Crippen molar-refractivity contribution in [1.82, 2.24) is 15.1 Å². The number of rotatable bonds is 6. The molecule has 0 aliphatic rings. The molecule has 17 heavy (non-hydrogen) atoms. The Morgan fingerprint density at radius 3 is 2.71 bits per heavy atom. The van der Waals surface area contributed by atoms with Crippen LogP contribution in [0.15, 0.2) is 18.5 Å². The molecular weight excluding hydrogens is 222 g/mol. The molecule has 0 spiro atoms. The first kappa shape index (κ1) is 13.2. The molecule has 6 heteroatoms. The summed E-state index contributed by atoms with van der Waals surface area (Å²) in [5, 5.41) is 15.4. The molecule has 0 aromatic carbocycles. The summed E-state index contributed by atoms with van der Waals surface area (Å²) in [5.74, 6) is -1.66. The van der Waals surface area contributed by atoms with Crippen LogP contribution in [0.4, 0.5) is 0 Å². The van der Waals surface area contributed by atoms with Gasteiger partial charge in [0, 0.05) is 18.9 Å². The van der Waals surface area contributed by atoms with Gasteiger partial charge >= 0.3 is 5.97 Å². The lowest BCUT2D eigenvalue weighted by atomic mass is 10.1. The van der Waals surface area contributed by atoms with E-state index in [1.165, 1.54) is 4.68 Å². The number of aromatic nitrogens is 2. The quantitative estimate of drug-likeness (QED) is 0.764. The van der Waals surface area contributed by atoms with E-state index >= 15 is 0 Å².